The molecule has 0 aliphatic heterocycles. The fraction of sp³-hybridized carbons (Fsp3) is 0.333. The van der Waals surface area contributed by atoms with Crippen LogP contribution in [0.5, 0.6) is 0 Å². The average Bonchev–Trinajstić information content (AvgIpc) is 2.03. The van der Waals surface area contributed by atoms with E-state index in [0.29, 0.717) is 0 Å². The van der Waals surface area contributed by atoms with E-state index in [1.54, 1.807) is 12.1 Å². The van der Waals surface area contributed by atoms with E-state index in [4.69, 9.17) is 1.37 Å². The first kappa shape index (κ1) is 9.21. The Bertz CT molecular complexity index is 417. The van der Waals surface area contributed by atoms with E-state index in [2.05, 4.69) is 15.9 Å². The summed E-state index contributed by atoms with van der Waals surface area (Å²) in [4.78, 5) is 0.181. The number of rotatable bonds is 2. The second-order valence-electron chi connectivity index (χ2n) is 2.87. The van der Waals surface area contributed by atoms with E-state index in [-0.39, 0.29) is 4.90 Å². The Morgan fingerprint density at radius 3 is 2.15 bits per heavy atom. The molecule has 0 N–H and O–H groups in total. The lowest BCUT2D eigenvalue weighted by atomic mass is 10.4. The molecular weight excluding hydrogens is 252 g/mol. The third-order valence-electron chi connectivity index (χ3n) is 1.66. The largest absolute Gasteiger partial charge is 0.223 e. The average molecular weight is 264 g/mol. The van der Waals surface area contributed by atoms with Crippen LogP contribution in [0.1, 0.15) is 15.2 Å². The molecule has 0 unspecified atom stereocenters. The molecule has 0 fully saturated rings. The van der Waals surface area contributed by atoms with Crippen molar-refractivity contribution in [1.82, 2.24) is 0 Å². The van der Waals surface area contributed by atoms with Crippen LogP contribution in [0.2, 0.25) is 0 Å². The molecule has 4 heteroatoms. The first-order chi connectivity index (χ1) is 6.25. The van der Waals surface area contributed by atoms with Crippen LogP contribution in [0.4, 0.5) is 0 Å². The summed E-state index contributed by atoms with van der Waals surface area (Å²) in [5, 5.41) is -1.50. The summed E-state index contributed by atoms with van der Waals surface area (Å²) in [6.07, 6.45) is 0. The van der Waals surface area contributed by atoms with Crippen LogP contribution in [0.3, 0.4) is 0 Å². The van der Waals surface area contributed by atoms with Gasteiger partial charge in [0.15, 0.2) is 9.84 Å². The van der Waals surface area contributed by atoms with Crippen molar-refractivity contribution in [3.8, 4) is 0 Å². The topological polar surface area (TPSA) is 34.1 Å². The molecular formula is C9H11BrO2S. The lowest BCUT2D eigenvalue weighted by Crippen LogP contribution is -2.13. The minimum atomic E-state index is -3.55. The highest BCUT2D eigenvalue weighted by molar-refractivity contribution is 9.10. The lowest BCUT2D eigenvalue weighted by molar-refractivity contribution is 0.587. The fourth-order valence-corrected chi connectivity index (χ4v) is 2.08. The number of sulfone groups is 1. The summed E-state index contributed by atoms with van der Waals surface area (Å²) in [6.45, 7) is 2.73. The lowest BCUT2D eigenvalue weighted by Gasteiger charge is -2.06. The third kappa shape index (κ3) is 2.31. The Hall–Kier alpha value is -0.350. The van der Waals surface area contributed by atoms with E-state index in [1.807, 2.05) is 0 Å². The van der Waals surface area contributed by atoms with Gasteiger partial charge in [-0.15, -0.1) is 0 Å². The van der Waals surface area contributed by atoms with E-state index in [9.17, 15) is 8.42 Å². The number of halogens is 1. The predicted molar refractivity (Wildman–Crippen MR) is 56.5 cm³/mol. The predicted octanol–water partition coefficient (Wildman–Crippen LogP) is 2.63. The molecule has 1 aromatic carbocycles. The fourth-order valence-electron chi connectivity index (χ4n) is 0.849. The monoisotopic (exact) mass is 263 g/mol. The molecule has 0 amide bonds. The summed E-state index contributed by atoms with van der Waals surface area (Å²) in [7, 11) is -3.55. The maximum Gasteiger partial charge on any atom is 0.180 e. The summed E-state index contributed by atoms with van der Waals surface area (Å²) in [6, 6.07) is 6.29. The minimum absolute atomic E-state index is 0.181. The van der Waals surface area contributed by atoms with Crippen molar-refractivity contribution in [2.24, 2.45) is 0 Å². The molecule has 0 aromatic heterocycles. The molecule has 0 heterocycles. The quantitative estimate of drug-likeness (QED) is 0.822. The summed E-state index contributed by atoms with van der Waals surface area (Å²) in [5.74, 6) is 0. The van der Waals surface area contributed by atoms with Crippen LogP contribution in [0.15, 0.2) is 33.6 Å². The highest BCUT2D eigenvalue weighted by atomic mass is 79.9. The first-order valence-electron chi connectivity index (χ1n) is 4.25. The van der Waals surface area contributed by atoms with Gasteiger partial charge >= 0.3 is 0 Å². The smallest absolute Gasteiger partial charge is 0.180 e. The third-order valence-corrected chi connectivity index (χ3v) is 4.16. The van der Waals surface area contributed by atoms with Crippen LogP contribution in [0, 0.1) is 0 Å². The Balaban J connectivity index is 3.25. The SMILES string of the molecule is [2H]C(C)(C)S(=O)(=O)c1ccc(Br)cc1. The Labute approximate surface area is 88.4 Å². The molecule has 0 bridgehead atoms. The number of hydrogen-bond acceptors (Lipinski definition) is 2. The van der Waals surface area contributed by atoms with E-state index in [1.165, 1.54) is 26.0 Å². The molecule has 72 valence electrons. The normalized spacial score (nSPS) is 13.9. The van der Waals surface area contributed by atoms with Gasteiger partial charge in [-0.2, -0.15) is 0 Å². The van der Waals surface area contributed by atoms with Crippen molar-refractivity contribution in [3.63, 3.8) is 0 Å². The van der Waals surface area contributed by atoms with Crippen LogP contribution in [-0.2, 0) is 9.84 Å². The number of benzene rings is 1. The van der Waals surface area contributed by atoms with Gasteiger partial charge in [0.2, 0.25) is 0 Å². The van der Waals surface area contributed by atoms with Gasteiger partial charge in [0.05, 0.1) is 10.1 Å². The van der Waals surface area contributed by atoms with Crippen molar-refractivity contribution >= 4 is 25.8 Å². The van der Waals surface area contributed by atoms with Gasteiger partial charge in [0.25, 0.3) is 0 Å². The molecule has 1 rings (SSSR count). The molecule has 0 radical (unpaired) electrons. The maximum absolute atomic E-state index is 11.8. The molecule has 13 heavy (non-hydrogen) atoms. The van der Waals surface area contributed by atoms with Crippen molar-refractivity contribution in [3.05, 3.63) is 28.7 Å². The van der Waals surface area contributed by atoms with Gasteiger partial charge in [0, 0.05) is 5.84 Å². The van der Waals surface area contributed by atoms with Crippen LogP contribution >= 0.6 is 15.9 Å². The van der Waals surface area contributed by atoms with Crippen LogP contribution < -0.4 is 0 Å². The standard InChI is InChI=1S/C9H11BrO2S/c1-7(2)13(11,12)9-5-3-8(10)4-6-9/h3-7H,1-2H3/i7D. The zero-order valence-electron chi connectivity index (χ0n) is 8.41. The van der Waals surface area contributed by atoms with Gasteiger partial charge in [0.1, 0.15) is 0 Å². The molecule has 0 aliphatic carbocycles. The highest BCUT2D eigenvalue weighted by Crippen LogP contribution is 2.18. The van der Waals surface area contributed by atoms with Gasteiger partial charge in [-0.3, -0.25) is 0 Å². The second-order valence-corrected chi connectivity index (χ2v) is 6.08. The summed E-state index contributed by atoms with van der Waals surface area (Å²) < 4.78 is 31.9. The summed E-state index contributed by atoms with van der Waals surface area (Å²) >= 11 is 3.22. The van der Waals surface area contributed by atoms with E-state index >= 15 is 0 Å². The molecule has 1 aromatic rings. The Morgan fingerprint density at radius 1 is 1.31 bits per heavy atom. The Kier molecular flexibility index (Phi) is 2.69. The van der Waals surface area contributed by atoms with Crippen LogP contribution in [0.25, 0.3) is 0 Å². The van der Waals surface area contributed by atoms with Crippen LogP contribution in [-0.4, -0.2) is 13.6 Å². The Morgan fingerprint density at radius 2 is 1.77 bits per heavy atom. The zero-order valence-corrected chi connectivity index (χ0v) is 9.81. The van der Waals surface area contributed by atoms with Gasteiger partial charge in [-0.1, -0.05) is 15.9 Å². The van der Waals surface area contributed by atoms with Gasteiger partial charge < -0.3 is 0 Å². The van der Waals surface area contributed by atoms with Gasteiger partial charge in [-0.25, -0.2) is 8.42 Å². The van der Waals surface area contributed by atoms with Crippen molar-refractivity contribution in [1.29, 1.82) is 0 Å². The van der Waals surface area contributed by atoms with Gasteiger partial charge in [-0.05, 0) is 38.1 Å². The number of hydrogen-bond donors (Lipinski definition) is 0. The zero-order chi connectivity index (χ0) is 11.0. The molecule has 2 nitrogen and oxygen atoms in total. The van der Waals surface area contributed by atoms with Crippen molar-refractivity contribution in [2.75, 3.05) is 0 Å². The van der Waals surface area contributed by atoms with Crippen molar-refractivity contribution in [2.45, 2.75) is 24.0 Å². The molecule has 0 spiro atoms. The summed E-state index contributed by atoms with van der Waals surface area (Å²) in [5.41, 5.74) is 0. The van der Waals surface area contributed by atoms with E-state index in [0.717, 1.165) is 4.47 Å². The maximum atomic E-state index is 11.8. The molecule has 0 saturated heterocycles. The molecule has 0 saturated carbocycles. The first-order valence-corrected chi connectivity index (χ1v) is 6.03. The second kappa shape index (κ2) is 3.80. The molecule has 0 aliphatic rings. The minimum Gasteiger partial charge on any atom is -0.223 e. The molecule has 0 atom stereocenters. The van der Waals surface area contributed by atoms with E-state index < -0.39 is 15.1 Å². The van der Waals surface area contributed by atoms with Crippen molar-refractivity contribution < 1.29 is 9.79 Å². The highest BCUT2D eigenvalue weighted by Gasteiger charge is 2.18.